The number of piperidine rings is 1. The maximum atomic E-state index is 12.2. The van der Waals surface area contributed by atoms with Gasteiger partial charge < -0.3 is 25.3 Å². The van der Waals surface area contributed by atoms with Crippen molar-refractivity contribution in [2.75, 3.05) is 26.2 Å². The van der Waals surface area contributed by atoms with Crippen LogP contribution < -0.4 is 5.32 Å². The number of carboxylic acids is 1. The summed E-state index contributed by atoms with van der Waals surface area (Å²) >= 11 is 0. The van der Waals surface area contributed by atoms with Gasteiger partial charge in [-0.2, -0.15) is 0 Å². The summed E-state index contributed by atoms with van der Waals surface area (Å²) in [5.74, 6) is -1.06. The second kappa shape index (κ2) is 7.09. The fourth-order valence-electron chi connectivity index (χ4n) is 3.15. The van der Waals surface area contributed by atoms with Crippen molar-refractivity contribution in [1.82, 2.24) is 15.1 Å². The number of rotatable bonds is 4. The Morgan fingerprint density at radius 3 is 2.52 bits per heavy atom. The number of β-amino-alcohol motifs (C(OH)–C–C–N with tert-alkyl or cyclic N) is 1. The van der Waals surface area contributed by atoms with Crippen molar-refractivity contribution in [1.29, 1.82) is 0 Å². The number of aliphatic hydroxyl groups excluding tert-OH is 1. The number of aliphatic hydroxyl groups is 1. The summed E-state index contributed by atoms with van der Waals surface area (Å²) in [7, 11) is 0. The number of nitrogens with zero attached hydrogens (tertiary/aromatic N) is 2. The van der Waals surface area contributed by atoms with Crippen LogP contribution in [0.25, 0.3) is 0 Å². The van der Waals surface area contributed by atoms with Crippen LogP contribution in [-0.2, 0) is 4.79 Å². The molecule has 2 rings (SSSR count). The van der Waals surface area contributed by atoms with E-state index in [-0.39, 0.29) is 25.0 Å². The average molecular weight is 299 g/mol. The number of urea groups is 1. The van der Waals surface area contributed by atoms with E-state index in [4.69, 9.17) is 5.11 Å². The number of likely N-dealkylation sites (tertiary alicyclic amines) is 2. The van der Waals surface area contributed by atoms with E-state index in [0.717, 1.165) is 38.9 Å². The third-order valence-corrected chi connectivity index (χ3v) is 4.28. The molecule has 0 saturated carbocycles. The van der Waals surface area contributed by atoms with Crippen LogP contribution >= 0.6 is 0 Å². The van der Waals surface area contributed by atoms with Gasteiger partial charge in [0.25, 0.3) is 0 Å². The Morgan fingerprint density at radius 2 is 1.95 bits per heavy atom. The molecule has 0 bridgehead atoms. The molecule has 0 aromatic carbocycles. The standard InChI is InChI=1S/C14H25N3O4/c1-2-5-16-6-3-10(4-7-16)15-14(21)17-9-11(18)8-12(17)13(19)20/h10-12,18H,2-9H2,1H3,(H,15,21)(H,19,20)/t11-,12-/m1/s1. The molecule has 0 radical (unpaired) electrons. The van der Waals surface area contributed by atoms with Crippen LogP contribution in [0.1, 0.15) is 32.6 Å². The molecule has 0 aliphatic carbocycles. The third kappa shape index (κ3) is 4.07. The Morgan fingerprint density at radius 1 is 1.29 bits per heavy atom. The van der Waals surface area contributed by atoms with Gasteiger partial charge in [0, 0.05) is 32.1 Å². The number of hydrogen-bond donors (Lipinski definition) is 3. The van der Waals surface area contributed by atoms with Gasteiger partial charge in [0.05, 0.1) is 6.10 Å². The first-order chi connectivity index (χ1) is 10.0. The largest absolute Gasteiger partial charge is 0.480 e. The Hall–Kier alpha value is -1.34. The molecule has 0 spiro atoms. The van der Waals surface area contributed by atoms with Crippen LogP contribution in [0, 0.1) is 0 Å². The fourth-order valence-corrected chi connectivity index (χ4v) is 3.15. The molecule has 2 atom stereocenters. The van der Waals surface area contributed by atoms with Gasteiger partial charge in [0.1, 0.15) is 6.04 Å². The molecule has 2 heterocycles. The van der Waals surface area contributed by atoms with Gasteiger partial charge in [-0.1, -0.05) is 6.92 Å². The predicted molar refractivity (Wildman–Crippen MR) is 77.0 cm³/mol. The Balaban J connectivity index is 1.83. The van der Waals surface area contributed by atoms with Crippen LogP contribution in [0.15, 0.2) is 0 Å². The van der Waals surface area contributed by atoms with E-state index in [0.29, 0.717) is 0 Å². The highest BCUT2D eigenvalue weighted by Gasteiger charge is 2.39. The molecule has 0 aromatic rings. The van der Waals surface area contributed by atoms with E-state index in [9.17, 15) is 14.7 Å². The zero-order chi connectivity index (χ0) is 15.4. The number of nitrogens with one attached hydrogen (secondary N) is 1. The molecule has 2 aliphatic heterocycles. The van der Waals surface area contributed by atoms with Gasteiger partial charge >= 0.3 is 12.0 Å². The molecule has 0 aromatic heterocycles. The number of carboxylic acid groups (broad SMARTS) is 1. The first kappa shape index (κ1) is 16.0. The van der Waals surface area contributed by atoms with E-state index in [2.05, 4.69) is 17.1 Å². The lowest BCUT2D eigenvalue weighted by atomic mass is 10.1. The fraction of sp³-hybridized carbons (Fsp3) is 0.857. The summed E-state index contributed by atoms with van der Waals surface area (Å²) in [6, 6.07) is -1.19. The maximum Gasteiger partial charge on any atom is 0.326 e. The van der Waals surface area contributed by atoms with Crippen molar-refractivity contribution in [2.45, 2.75) is 50.8 Å². The highest BCUT2D eigenvalue weighted by atomic mass is 16.4. The number of carbonyl (C=O) groups excluding carboxylic acids is 1. The zero-order valence-corrected chi connectivity index (χ0v) is 12.5. The summed E-state index contributed by atoms with van der Waals surface area (Å²) in [6.07, 6.45) is 2.27. The monoisotopic (exact) mass is 299 g/mol. The van der Waals surface area contributed by atoms with Crippen LogP contribution in [-0.4, -0.2) is 76.4 Å². The molecule has 2 fully saturated rings. The predicted octanol–water partition coefficient (Wildman–Crippen LogP) is 0.0902. The summed E-state index contributed by atoms with van der Waals surface area (Å²) in [5.41, 5.74) is 0. The number of amides is 2. The van der Waals surface area contributed by atoms with E-state index >= 15 is 0 Å². The molecule has 2 amide bonds. The van der Waals surface area contributed by atoms with Gasteiger partial charge in [0.2, 0.25) is 0 Å². The SMILES string of the molecule is CCCN1CCC(NC(=O)N2C[C@H](O)C[C@@H]2C(=O)O)CC1. The van der Waals surface area contributed by atoms with Crippen molar-refractivity contribution < 1.29 is 19.8 Å². The van der Waals surface area contributed by atoms with Crippen molar-refractivity contribution in [2.24, 2.45) is 0 Å². The van der Waals surface area contributed by atoms with Gasteiger partial charge in [-0.15, -0.1) is 0 Å². The maximum absolute atomic E-state index is 12.2. The van der Waals surface area contributed by atoms with Gasteiger partial charge in [-0.3, -0.25) is 0 Å². The summed E-state index contributed by atoms with van der Waals surface area (Å²) in [6.45, 7) is 5.25. The minimum atomic E-state index is -1.06. The van der Waals surface area contributed by atoms with E-state index in [1.54, 1.807) is 0 Å². The van der Waals surface area contributed by atoms with Crippen LogP contribution in [0.3, 0.4) is 0 Å². The molecule has 7 nitrogen and oxygen atoms in total. The molecule has 2 aliphatic rings. The smallest absolute Gasteiger partial charge is 0.326 e. The minimum Gasteiger partial charge on any atom is -0.480 e. The van der Waals surface area contributed by atoms with Crippen molar-refractivity contribution in [3.05, 3.63) is 0 Å². The minimum absolute atomic E-state index is 0.0947. The van der Waals surface area contributed by atoms with Gasteiger partial charge in [-0.25, -0.2) is 9.59 Å². The molecule has 120 valence electrons. The Bertz CT molecular complexity index is 382. The highest BCUT2D eigenvalue weighted by molar-refractivity contribution is 5.83. The van der Waals surface area contributed by atoms with Crippen molar-refractivity contribution in [3.8, 4) is 0 Å². The Kier molecular flexibility index (Phi) is 5.41. The molecule has 21 heavy (non-hydrogen) atoms. The summed E-state index contributed by atoms with van der Waals surface area (Å²) < 4.78 is 0. The molecule has 7 heteroatoms. The van der Waals surface area contributed by atoms with Gasteiger partial charge in [0.15, 0.2) is 0 Å². The normalized spacial score (nSPS) is 27.8. The molecule has 3 N–H and O–H groups in total. The molecule has 2 saturated heterocycles. The lowest BCUT2D eigenvalue weighted by Crippen LogP contribution is -2.52. The highest BCUT2D eigenvalue weighted by Crippen LogP contribution is 2.19. The zero-order valence-electron chi connectivity index (χ0n) is 12.5. The third-order valence-electron chi connectivity index (χ3n) is 4.28. The van der Waals surface area contributed by atoms with E-state index in [1.165, 1.54) is 4.90 Å². The van der Waals surface area contributed by atoms with Crippen LogP contribution in [0.2, 0.25) is 0 Å². The summed E-state index contributed by atoms with van der Waals surface area (Å²) in [4.78, 5) is 27.0. The molecular weight excluding hydrogens is 274 g/mol. The number of aliphatic carboxylic acids is 1. The second-order valence-electron chi connectivity index (χ2n) is 5.96. The number of hydrogen-bond acceptors (Lipinski definition) is 4. The first-order valence-electron chi connectivity index (χ1n) is 7.71. The van der Waals surface area contributed by atoms with Crippen LogP contribution in [0.5, 0.6) is 0 Å². The van der Waals surface area contributed by atoms with Crippen LogP contribution in [0.4, 0.5) is 4.79 Å². The lowest BCUT2D eigenvalue weighted by Gasteiger charge is -2.33. The van der Waals surface area contributed by atoms with Gasteiger partial charge in [-0.05, 0) is 25.8 Å². The first-order valence-corrected chi connectivity index (χ1v) is 7.71. The van der Waals surface area contributed by atoms with Crippen molar-refractivity contribution in [3.63, 3.8) is 0 Å². The Labute approximate surface area is 124 Å². The second-order valence-corrected chi connectivity index (χ2v) is 5.96. The molecule has 0 unspecified atom stereocenters. The number of carbonyl (C=O) groups is 2. The molecular formula is C14H25N3O4. The van der Waals surface area contributed by atoms with E-state index < -0.39 is 18.1 Å². The summed E-state index contributed by atoms with van der Waals surface area (Å²) in [5, 5.41) is 21.6. The topological polar surface area (TPSA) is 93.1 Å². The van der Waals surface area contributed by atoms with Crippen molar-refractivity contribution >= 4 is 12.0 Å². The average Bonchev–Trinajstić information content (AvgIpc) is 2.84. The quantitative estimate of drug-likeness (QED) is 0.684. The lowest BCUT2D eigenvalue weighted by molar-refractivity contribution is -0.141. The van der Waals surface area contributed by atoms with E-state index in [1.807, 2.05) is 0 Å².